The zero-order valence-electron chi connectivity index (χ0n) is 16.9. The van der Waals surface area contributed by atoms with Crippen LogP contribution in [0.4, 0.5) is 4.79 Å². The predicted octanol–water partition coefficient (Wildman–Crippen LogP) is 4.55. The van der Waals surface area contributed by atoms with E-state index in [-0.39, 0.29) is 18.9 Å². The number of hydrogen-bond donors (Lipinski definition) is 0. The molecule has 5 nitrogen and oxygen atoms in total. The van der Waals surface area contributed by atoms with Crippen molar-refractivity contribution in [1.29, 1.82) is 5.26 Å². The molecule has 0 saturated carbocycles. The quantitative estimate of drug-likeness (QED) is 0.598. The van der Waals surface area contributed by atoms with Crippen molar-refractivity contribution in [1.82, 2.24) is 4.90 Å². The number of carbonyl (C=O) groups is 2. The average Bonchev–Trinajstić information content (AvgIpc) is 3.20. The van der Waals surface area contributed by atoms with Crippen LogP contribution in [0.2, 0.25) is 0 Å². The molecule has 1 saturated heterocycles. The molecule has 2 amide bonds. The molecule has 0 spiro atoms. The van der Waals surface area contributed by atoms with Crippen LogP contribution >= 0.6 is 0 Å². The molecule has 5 heteroatoms. The second-order valence-electron chi connectivity index (χ2n) is 7.52. The third-order valence-corrected chi connectivity index (χ3v) is 5.58. The number of ether oxygens (including phenoxy) is 1. The van der Waals surface area contributed by atoms with Crippen LogP contribution in [-0.4, -0.2) is 29.5 Å². The van der Waals surface area contributed by atoms with Gasteiger partial charge in [-0.25, -0.2) is 9.69 Å². The molecular weight excluding hydrogens is 388 g/mol. The summed E-state index contributed by atoms with van der Waals surface area (Å²) in [5, 5.41) is 9.71. The summed E-state index contributed by atoms with van der Waals surface area (Å²) in [5.41, 5.74) is 2.83. The third kappa shape index (κ3) is 4.34. The van der Waals surface area contributed by atoms with Crippen molar-refractivity contribution >= 4 is 12.0 Å². The lowest BCUT2D eigenvalue weighted by Crippen LogP contribution is -2.45. The number of amides is 2. The maximum Gasteiger partial charge on any atom is 0.417 e. The van der Waals surface area contributed by atoms with E-state index in [1.165, 1.54) is 0 Å². The van der Waals surface area contributed by atoms with Gasteiger partial charge in [-0.05, 0) is 23.1 Å². The molecule has 4 rings (SSSR count). The number of rotatable bonds is 6. The van der Waals surface area contributed by atoms with Crippen molar-refractivity contribution in [3.63, 3.8) is 0 Å². The Morgan fingerprint density at radius 2 is 1.45 bits per heavy atom. The van der Waals surface area contributed by atoms with Crippen LogP contribution in [0.5, 0.6) is 0 Å². The maximum absolute atomic E-state index is 13.4. The highest BCUT2D eigenvalue weighted by Crippen LogP contribution is 2.35. The molecule has 0 aliphatic carbocycles. The van der Waals surface area contributed by atoms with E-state index < -0.39 is 24.0 Å². The minimum Gasteiger partial charge on any atom is -0.447 e. The van der Waals surface area contributed by atoms with Crippen LogP contribution in [0.3, 0.4) is 0 Å². The molecule has 1 fully saturated rings. The smallest absolute Gasteiger partial charge is 0.417 e. The van der Waals surface area contributed by atoms with Gasteiger partial charge in [-0.15, -0.1) is 0 Å². The highest BCUT2D eigenvalue weighted by Gasteiger charge is 2.45. The fourth-order valence-electron chi connectivity index (χ4n) is 4.10. The van der Waals surface area contributed by atoms with Crippen molar-refractivity contribution in [2.75, 3.05) is 6.61 Å². The van der Waals surface area contributed by atoms with Gasteiger partial charge < -0.3 is 4.74 Å². The Kier molecular flexibility index (Phi) is 6.09. The van der Waals surface area contributed by atoms with E-state index in [1.807, 2.05) is 91.0 Å². The largest absolute Gasteiger partial charge is 0.447 e. The summed E-state index contributed by atoms with van der Waals surface area (Å²) in [4.78, 5) is 27.2. The number of cyclic esters (lactones) is 1. The Hall–Kier alpha value is -3.91. The zero-order chi connectivity index (χ0) is 21.6. The topological polar surface area (TPSA) is 70.4 Å². The maximum atomic E-state index is 13.4. The minimum absolute atomic E-state index is 0.0858. The summed E-state index contributed by atoms with van der Waals surface area (Å²) in [5.74, 6) is -1.74. The number of nitrogens with zero attached hydrogens (tertiary/aromatic N) is 2. The summed E-state index contributed by atoms with van der Waals surface area (Å²) in [6.07, 6.45) is -0.450. The molecule has 3 aromatic rings. The SMILES string of the molecule is N#C[C@H](Cc1ccccc1)C(=O)N1C(=O)OC[C@@H]1C(c1ccccc1)c1ccccc1. The van der Waals surface area contributed by atoms with Crippen LogP contribution in [0.1, 0.15) is 22.6 Å². The standard InChI is InChI=1S/C26H22N2O3/c27-17-22(16-19-10-4-1-5-11-19)25(29)28-23(18-31-26(28)30)24(20-12-6-2-7-13-20)21-14-8-3-9-15-21/h1-15,22-24H,16,18H2/t22-,23+/m0/s1. The van der Waals surface area contributed by atoms with Gasteiger partial charge >= 0.3 is 6.09 Å². The highest BCUT2D eigenvalue weighted by atomic mass is 16.6. The van der Waals surface area contributed by atoms with Crippen molar-refractivity contribution < 1.29 is 14.3 Å². The van der Waals surface area contributed by atoms with E-state index in [0.29, 0.717) is 0 Å². The number of hydrogen-bond acceptors (Lipinski definition) is 4. The Morgan fingerprint density at radius 1 is 0.935 bits per heavy atom. The van der Waals surface area contributed by atoms with Gasteiger partial charge in [0.25, 0.3) is 0 Å². The first-order valence-electron chi connectivity index (χ1n) is 10.2. The molecule has 1 aliphatic rings. The van der Waals surface area contributed by atoms with E-state index in [2.05, 4.69) is 6.07 Å². The van der Waals surface area contributed by atoms with Gasteiger partial charge in [-0.3, -0.25) is 4.79 Å². The second-order valence-corrected chi connectivity index (χ2v) is 7.52. The summed E-state index contributed by atoms with van der Waals surface area (Å²) >= 11 is 0. The fraction of sp³-hybridized carbons (Fsp3) is 0.192. The summed E-state index contributed by atoms with van der Waals surface area (Å²) in [6.45, 7) is 0.0858. The van der Waals surface area contributed by atoms with E-state index in [9.17, 15) is 14.9 Å². The van der Waals surface area contributed by atoms with E-state index >= 15 is 0 Å². The van der Waals surface area contributed by atoms with Gasteiger partial charge in [0.2, 0.25) is 5.91 Å². The molecule has 3 aromatic carbocycles. The molecule has 0 bridgehead atoms. The first-order chi connectivity index (χ1) is 15.2. The molecule has 31 heavy (non-hydrogen) atoms. The number of carbonyl (C=O) groups excluding carboxylic acids is 2. The first kappa shape index (κ1) is 20.4. The monoisotopic (exact) mass is 410 g/mol. The van der Waals surface area contributed by atoms with E-state index in [4.69, 9.17) is 4.74 Å². The normalized spacial score (nSPS) is 16.6. The molecule has 154 valence electrons. The van der Waals surface area contributed by atoms with Crippen molar-refractivity contribution in [2.45, 2.75) is 18.4 Å². The number of imide groups is 1. The third-order valence-electron chi connectivity index (χ3n) is 5.58. The second kappa shape index (κ2) is 9.27. The lowest BCUT2D eigenvalue weighted by atomic mass is 9.84. The average molecular weight is 410 g/mol. The molecular formula is C26H22N2O3. The molecule has 1 aliphatic heterocycles. The van der Waals surface area contributed by atoms with Crippen LogP contribution in [0.25, 0.3) is 0 Å². The van der Waals surface area contributed by atoms with Gasteiger partial charge in [-0.2, -0.15) is 5.26 Å². The summed E-state index contributed by atoms with van der Waals surface area (Å²) in [7, 11) is 0. The fourth-order valence-corrected chi connectivity index (χ4v) is 4.10. The van der Waals surface area contributed by atoms with Gasteiger partial charge in [0.15, 0.2) is 0 Å². The molecule has 0 aromatic heterocycles. The lowest BCUT2D eigenvalue weighted by molar-refractivity contribution is -0.131. The lowest BCUT2D eigenvalue weighted by Gasteiger charge is -2.29. The van der Waals surface area contributed by atoms with Gasteiger partial charge in [0.1, 0.15) is 12.5 Å². The Bertz CT molecular complexity index is 1040. The highest BCUT2D eigenvalue weighted by molar-refractivity contribution is 5.96. The summed E-state index contributed by atoms with van der Waals surface area (Å²) in [6, 6.07) is 30.4. The molecule has 1 heterocycles. The molecule has 2 atom stereocenters. The Balaban J connectivity index is 1.68. The van der Waals surface area contributed by atoms with Crippen molar-refractivity contribution in [3.8, 4) is 6.07 Å². The minimum atomic E-state index is -0.970. The van der Waals surface area contributed by atoms with Crippen LogP contribution in [-0.2, 0) is 16.0 Å². The van der Waals surface area contributed by atoms with Crippen molar-refractivity contribution in [3.05, 3.63) is 108 Å². The van der Waals surface area contributed by atoms with Gasteiger partial charge in [0, 0.05) is 5.92 Å². The molecule has 0 N–H and O–H groups in total. The van der Waals surface area contributed by atoms with Crippen molar-refractivity contribution in [2.24, 2.45) is 5.92 Å². The number of benzene rings is 3. The summed E-state index contributed by atoms with van der Waals surface area (Å²) < 4.78 is 5.32. The van der Waals surface area contributed by atoms with Crippen LogP contribution in [0.15, 0.2) is 91.0 Å². The number of nitriles is 1. The zero-order valence-corrected chi connectivity index (χ0v) is 16.9. The Morgan fingerprint density at radius 3 is 1.97 bits per heavy atom. The molecule has 0 unspecified atom stereocenters. The van der Waals surface area contributed by atoms with Crippen LogP contribution in [0, 0.1) is 17.2 Å². The first-order valence-corrected chi connectivity index (χ1v) is 10.2. The van der Waals surface area contributed by atoms with Gasteiger partial charge in [-0.1, -0.05) is 91.0 Å². The van der Waals surface area contributed by atoms with E-state index in [1.54, 1.807) is 0 Å². The van der Waals surface area contributed by atoms with Gasteiger partial charge in [0.05, 0.1) is 12.1 Å². The Labute approximate surface area is 181 Å². The van der Waals surface area contributed by atoms with E-state index in [0.717, 1.165) is 21.6 Å². The molecule has 0 radical (unpaired) electrons. The van der Waals surface area contributed by atoms with Crippen LogP contribution < -0.4 is 0 Å². The predicted molar refractivity (Wildman–Crippen MR) is 116 cm³/mol.